The van der Waals surface area contributed by atoms with E-state index in [1.165, 1.54) is 0 Å². The van der Waals surface area contributed by atoms with E-state index in [9.17, 15) is 4.57 Å². The Morgan fingerprint density at radius 3 is 2.00 bits per heavy atom. The molecule has 0 aromatic heterocycles. The summed E-state index contributed by atoms with van der Waals surface area (Å²) in [6.07, 6.45) is 0. The number of allylic oxidation sites excluding steroid dienone is 2. The first kappa shape index (κ1) is 15.2. The standard InChI is InChI=1S/C10H19N2O3P/c1-6-14-16(13,15-7-2)9(3)10(8-11)12(4)5/h6-7H2,1-5H3/b10-9+. The van der Waals surface area contributed by atoms with Crippen LogP contribution in [0.2, 0.25) is 0 Å². The van der Waals surface area contributed by atoms with Gasteiger partial charge in [-0.25, -0.2) is 0 Å². The molecule has 0 heterocycles. The predicted molar refractivity (Wildman–Crippen MR) is 62.9 cm³/mol. The molecule has 0 aromatic carbocycles. The highest BCUT2D eigenvalue weighted by molar-refractivity contribution is 7.58. The van der Waals surface area contributed by atoms with Crippen LogP contribution in [0.3, 0.4) is 0 Å². The minimum atomic E-state index is -3.32. The van der Waals surface area contributed by atoms with Crippen molar-refractivity contribution >= 4 is 7.60 Å². The van der Waals surface area contributed by atoms with E-state index in [2.05, 4.69) is 0 Å². The Hall–Kier alpha value is -0.820. The topological polar surface area (TPSA) is 62.6 Å². The highest BCUT2D eigenvalue weighted by Crippen LogP contribution is 2.56. The molecular formula is C10H19N2O3P. The summed E-state index contributed by atoms with van der Waals surface area (Å²) in [6.45, 7) is 5.63. The Morgan fingerprint density at radius 1 is 1.31 bits per heavy atom. The van der Waals surface area contributed by atoms with Gasteiger partial charge < -0.3 is 13.9 Å². The molecule has 0 aromatic rings. The fraction of sp³-hybridized carbons (Fsp3) is 0.700. The number of hydrogen-bond acceptors (Lipinski definition) is 5. The van der Waals surface area contributed by atoms with Crippen LogP contribution < -0.4 is 0 Å². The van der Waals surface area contributed by atoms with Crippen LogP contribution >= 0.6 is 7.60 Å². The quantitative estimate of drug-likeness (QED) is 0.532. The maximum Gasteiger partial charge on any atom is 0.359 e. The smallest absolute Gasteiger partial charge is 0.359 e. The van der Waals surface area contributed by atoms with E-state index in [4.69, 9.17) is 14.3 Å². The average molecular weight is 246 g/mol. The highest BCUT2D eigenvalue weighted by Gasteiger charge is 2.29. The molecule has 0 fully saturated rings. The van der Waals surface area contributed by atoms with E-state index in [-0.39, 0.29) is 13.2 Å². The van der Waals surface area contributed by atoms with Gasteiger partial charge in [0.2, 0.25) is 0 Å². The lowest BCUT2D eigenvalue weighted by Crippen LogP contribution is -2.12. The van der Waals surface area contributed by atoms with Crippen molar-refractivity contribution in [1.82, 2.24) is 4.90 Å². The lowest BCUT2D eigenvalue weighted by atomic mass is 10.4. The predicted octanol–water partition coefficient (Wildman–Crippen LogP) is 2.57. The van der Waals surface area contributed by atoms with Gasteiger partial charge in [-0.1, -0.05) is 0 Å². The minimum Gasteiger partial charge on any atom is -0.369 e. The van der Waals surface area contributed by atoms with Gasteiger partial charge in [-0.05, 0) is 20.8 Å². The molecule has 0 saturated heterocycles. The van der Waals surface area contributed by atoms with Crippen molar-refractivity contribution in [2.75, 3.05) is 27.3 Å². The lowest BCUT2D eigenvalue weighted by Gasteiger charge is -2.21. The molecule has 0 radical (unpaired) electrons. The van der Waals surface area contributed by atoms with Crippen LogP contribution in [0.1, 0.15) is 20.8 Å². The van der Waals surface area contributed by atoms with Crippen molar-refractivity contribution in [3.05, 3.63) is 11.0 Å². The molecule has 5 nitrogen and oxygen atoms in total. The maximum atomic E-state index is 12.3. The van der Waals surface area contributed by atoms with Gasteiger partial charge in [0.1, 0.15) is 11.8 Å². The molecule has 0 saturated carbocycles. The van der Waals surface area contributed by atoms with Gasteiger partial charge in [0, 0.05) is 14.1 Å². The Balaban J connectivity index is 5.38. The first-order chi connectivity index (χ1) is 7.42. The molecule has 0 atom stereocenters. The molecule has 92 valence electrons. The van der Waals surface area contributed by atoms with Crippen LogP contribution in [-0.4, -0.2) is 32.2 Å². The Bertz CT molecular complexity index is 334. The molecule has 0 bridgehead atoms. The van der Waals surface area contributed by atoms with Crippen LogP contribution in [0, 0.1) is 11.3 Å². The van der Waals surface area contributed by atoms with Crippen molar-refractivity contribution in [1.29, 1.82) is 5.26 Å². The van der Waals surface area contributed by atoms with Crippen molar-refractivity contribution < 1.29 is 13.6 Å². The van der Waals surface area contributed by atoms with Crippen molar-refractivity contribution in [2.45, 2.75) is 20.8 Å². The molecule has 6 heteroatoms. The molecular weight excluding hydrogens is 227 g/mol. The van der Waals surface area contributed by atoms with E-state index < -0.39 is 7.60 Å². The van der Waals surface area contributed by atoms with Crippen LogP contribution in [0.25, 0.3) is 0 Å². The molecule has 0 aliphatic rings. The lowest BCUT2D eigenvalue weighted by molar-refractivity contribution is 0.225. The summed E-state index contributed by atoms with van der Waals surface area (Å²) in [5.74, 6) is 0. The van der Waals surface area contributed by atoms with Gasteiger partial charge >= 0.3 is 7.60 Å². The fourth-order valence-corrected chi connectivity index (χ4v) is 2.86. The molecule has 0 rings (SSSR count). The summed E-state index contributed by atoms with van der Waals surface area (Å²) in [5.41, 5.74) is 0.310. The molecule has 16 heavy (non-hydrogen) atoms. The third kappa shape index (κ3) is 3.64. The number of nitrogens with zero attached hydrogens (tertiary/aromatic N) is 2. The maximum absolute atomic E-state index is 12.3. The Kier molecular flexibility index (Phi) is 6.35. The zero-order valence-corrected chi connectivity index (χ0v) is 11.4. The van der Waals surface area contributed by atoms with Gasteiger partial charge in [0.25, 0.3) is 0 Å². The fourth-order valence-electron chi connectivity index (χ4n) is 1.21. The monoisotopic (exact) mass is 246 g/mol. The highest BCUT2D eigenvalue weighted by atomic mass is 31.2. The van der Waals surface area contributed by atoms with Crippen molar-refractivity contribution in [3.8, 4) is 6.07 Å². The molecule has 0 N–H and O–H groups in total. The Labute approximate surface area is 97.2 Å². The first-order valence-corrected chi connectivity index (χ1v) is 6.65. The molecule has 0 aliphatic carbocycles. The van der Waals surface area contributed by atoms with E-state index >= 15 is 0 Å². The summed E-state index contributed by atoms with van der Waals surface area (Å²) in [6, 6.07) is 2.00. The summed E-state index contributed by atoms with van der Waals surface area (Å²) in [5, 5.41) is 9.34. The van der Waals surface area contributed by atoms with Crippen LogP contribution in [0.15, 0.2) is 11.0 Å². The SMILES string of the molecule is CCOP(=O)(OCC)/C(C)=C(\C#N)N(C)C. The van der Waals surface area contributed by atoms with Gasteiger partial charge in [0.05, 0.1) is 18.5 Å². The third-order valence-corrected chi connectivity index (χ3v) is 4.13. The molecule has 0 amide bonds. The average Bonchev–Trinajstić information content (AvgIpc) is 2.18. The van der Waals surface area contributed by atoms with E-state index in [1.807, 2.05) is 6.07 Å². The second kappa shape index (κ2) is 6.70. The molecule has 0 spiro atoms. The number of rotatable bonds is 6. The van der Waals surface area contributed by atoms with Gasteiger partial charge in [-0.15, -0.1) is 0 Å². The van der Waals surface area contributed by atoms with Crippen molar-refractivity contribution in [3.63, 3.8) is 0 Å². The van der Waals surface area contributed by atoms with Gasteiger partial charge in [-0.2, -0.15) is 5.26 Å². The minimum absolute atomic E-state index is 0.279. The van der Waals surface area contributed by atoms with Gasteiger partial charge in [0.15, 0.2) is 0 Å². The van der Waals surface area contributed by atoms with Crippen LogP contribution in [0.4, 0.5) is 0 Å². The summed E-state index contributed by atoms with van der Waals surface area (Å²) in [7, 11) is 0.104. The number of hydrogen-bond donors (Lipinski definition) is 0. The largest absolute Gasteiger partial charge is 0.369 e. The van der Waals surface area contributed by atoms with Crippen LogP contribution in [-0.2, 0) is 13.6 Å². The normalized spacial score (nSPS) is 13.0. The van der Waals surface area contributed by atoms with Crippen molar-refractivity contribution in [2.24, 2.45) is 0 Å². The summed E-state index contributed by atoms with van der Waals surface area (Å²) < 4.78 is 22.7. The third-order valence-electron chi connectivity index (χ3n) is 1.90. The Morgan fingerprint density at radius 2 is 1.75 bits per heavy atom. The van der Waals surface area contributed by atoms with E-state index in [1.54, 1.807) is 39.8 Å². The van der Waals surface area contributed by atoms with E-state index in [0.717, 1.165) is 0 Å². The van der Waals surface area contributed by atoms with E-state index in [0.29, 0.717) is 11.0 Å². The summed E-state index contributed by atoms with van der Waals surface area (Å²) in [4.78, 5) is 1.60. The molecule has 0 unspecified atom stereocenters. The zero-order valence-electron chi connectivity index (χ0n) is 10.5. The second-order valence-electron chi connectivity index (χ2n) is 3.27. The summed E-state index contributed by atoms with van der Waals surface area (Å²) >= 11 is 0. The first-order valence-electron chi connectivity index (χ1n) is 5.10. The number of nitriles is 1. The zero-order chi connectivity index (χ0) is 12.8. The van der Waals surface area contributed by atoms with Gasteiger partial charge in [-0.3, -0.25) is 4.57 Å². The van der Waals surface area contributed by atoms with Crippen LogP contribution in [0.5, 0.6) is 0 Å². The second-order valence-corrected chi connectivity index (χ2v) is 5.46. The molecule has 0 aliphatic heterocycles.